The summed E-state index contributed by atoms with van der Waals surface area (Å²) >= 11 is 0. The van der Waals surface area contributed by atoms with Crippen LogP contribution in [0.25, 0.3) is 0 Å². The predicted molar refractivity (Wildman–Crippen MR) is 55.4 cm³/mol. The Kier molecular flexibility index (Phi) is 3.60. The van der Waals surface area contributed by atoms with Gasteiger partial charge in [0.1, 0.15) is 11.9 Å². The molecule has 0 radical (unpaired) electrons. The predicted octanol–water partition coefficient (Wildman–Crippen LogP) is -0.346. The highest BCUT2D eigenvalue weighted by Crippen LogP contribution is 2.03. The second-order valence-electron chi connectivity index (χ2n) is 2.84. The number of nitrogens with one attached hydrogen (secondary N) is 1. The van der Waals surface area contributed by atoms with Crippen LogP contribution in [0.15, 0.2) is 18.3 Å². The van der Waals surface area contributed by atoms with Gasteiger partial charge < -0.3 is 5.32 Å². The number of pyridine rings is 1. The molecule has 0 saturated heterocycles. The molecule has 0 fully saturated rings. The van der Waals surface area contributed by atoms with Gasteiger partial charge in [0.25, 0.3) is 0 Å². The summed E-state index contributed by atoms with van der Waals surface area (Å²) in [6.07, 6.45) is 1.40. The van der Waals surface area contributed by atoms with Gasteiger partial charge in [0.2, 0.25) is 10.0 Å². The molecule has 0 unspecified atom stereocenters. The lowest BCUT2D eigenvalue weighted by molar-refractivity contribution is 0.598. The van der Waals surface area contributed by atoms with Gasteiger partial charge in [-0.15, -0.1) is 0 Å². The Labute approximate surface area is 87.8 Å². The standard InChI is InChI=1S/C8H10N4O2S/c9-5-7-1-2-8(12-6-7)11-3-4-15(10,13)14/h1-2,6H,3-4H2,(H,11,12)(H2,10,13,14). The van der Waals surface area contributed by atoms with Crippen LogP contribution in [0.3, 0.4) is 0 Å². The summed E-state index contributed by atoms with van der Waals surface area (Å²) in [7, 11) is -3.45. The molecule has 0 spiro atoms. The summed E-state index contributed by atoms with van der Waals surface area (Å²) in [6, 6.07) is 5.12. The third kappa shape index (κ3) is 4.39. The van der Waals surface area contributed by atoms with Crippen molar-refractivity contribution in [2.45, 2.75) is 0 Å². The molecule has 0 atom stereocenters. The Balaban J connectivity index is 2.49. The van der Waals surface area contributed by atoms with Crippen LogP contribution in [0.4, 0.5) is 5.82 Å². The summed E-state index contributed by atoms with van der Waals surface area (Å²) in [4.78, 5) is 3.90. The van der Waals surface area contributed by atoms with Crippen molar-refractivity contribution in [2.24, 2.45) is 5.14 Å². The summed E-state index contributed by atoms with van der Waals surface area (Å²) < 4.78 is 21.2. The number of nitrogens with two attached hydrogens (primary N) is 1. The molecule has 0 bridgehead atoms. The maximum Gasteiger partial charge on any atom is 0.210 e. The average Bonchev–Trinajstić information content (AvgIpc) is 2.17. The van der Waals surface area contributed by atoms with Crippen LogP contribution in [0.1, 0.15) is 5.56 Å². The quantitative estimate of drug-likeness (QED) is 0.729. The first-order valence-electron chi connectivity index (χ1n) is 4.12. The zero-order valence-corrected chi connectivity index (χ0v) is 8.66. The van der Waals surface area contributed by atoms with E-state index in [1.165, 1.54) is 6.20 Å². The number of hydrogen-bond acceptors (Lipinski definition) is 5. The van der Waals surface area contributed by atoms with Crippen molar-refractivity contribution >= 4 is 15.8 Å². The topological polar surface area (TPSA) is 109 Å². The molecule has 3 N–H and O–H groups in total. The molecule has 0 saturated carbocycles. The lowest BCUT2D eigenvalue weighted by Crippen LogP contribution is -2.22. The van der Waals surface area contributed by atoms with Crippen molar-refractivity contribution in [2.75, 3.05) is 17.6 Å². The zero-order chi connectivity index (χ0) is 11.3. The number of hydrogen-bond donors (Lipinski definition) is 2. The van der Waals surface area contributed by atoms with Crippen molar-refractivity contribution in [1.82, 2.24) is 4.98 Å². The molecule has 0 aliphatic heterocycles. The monoisotopic (exact) mass is 226 g/mol. The first kappa shape index (κ1) is 11.4. The van der Waals surface area contributed by atoms with E-state index in [2.05, 4.69) is 10.3 Å². The van der Waals surface area contributed by atoms with Crippen LogP contribution >= 0.6 is 0 Å². The largest absolute Gasteiger partial charge is 0.369 e. The van der Waals surface area contributed by atoms with E-state index < -0.39 is 10.0 Å². The smallest absolute Gasteiger partial charge is 0.210 e. The van der Waals surface area contributed by atoms with Gasteiger partial charge in [-0.3, -0.25) is 0 Å². The van der Waals surface area contributed by atoms with Crippen LogP contribution in [0, 0.1) is 11.3 Å². The van der Waals surface area contributed by atoms with Crippen molar-refractivity contribution in [1.29, 1.82) is 5.26 Å². The molecular weight excluding hydrogens is 216 g/mol. The Morgan fingerprint density at radius 1 is 1.53 bits per heavy atom. The normalized spacial score (nSPS) is 10.7. The van der Waals surface area contributed by atoms with Gasteiger partial charge in [-0.25, -0.2) is 18.5 Å². The van der Waals surface area contributed by atoms with Crippen LogP contribution < -0.4 is 10.5 Å². The van der Waals surface area contributed by atoms with E-state index in [9.17, 15) is 8.42 Å². The second kappa shape index (κ2) is 4.72. The number of sulfonamides is 1. The third-order valence-corrected chi connectivity index (χ3v) is 2.36. The van der Waals surface area contributed by atoms with Crippen molar-refractivity contribution in [3.8, 4) is 6.07 Å². The zero-order valence-electron chi connectivity index (χ0n) is 7.84. The van der Waals surface area contributed by atoms with Crippen LogP contribution in [-0.4, -0.2) is 25.7 Å². The van der Waals surface area contributed by atoms with Gasteiger partial charge in [-0.1, -0.05) is 0 Å². The Hall–Kier alpha value is -1.65. The highest BCUT2D eigenvalue weighted by molar-refractivity contribution is 7.89. The molecule has 80 valence electrons. The van der Waals surface area contributed by atoms with Crippen LogP contribution in [-0.2, 0) is 10.0 Å². The van der Waals surface area contributed by atoms with Gasteiger partial charge in [-0.05, 0) is 12.1 Å². The number of nitrogens with zero attached hydrogens (tertiary/aromatic N) is 2. The summed E-state index contributed by atoms with van der Waals surface area (Å²) in [5.74, 6) is 0.354. The van der Waals surface area contributed by atoms with Crippen LogP contribution in [0.5, 0.6) is 0 Å². The van der Waals surface area contributed by atoms with Crippen LogP contribution in [0.2, 0.25) is 0 Å². The maximum absolute atomic E-state index is 10.6. The highest BCUT2D eigenvalue weighted by Gasteiger charge is 2.01. The molecule has 1 aromatic rings. The third-order valence-electron chi connectivity index (χ3n) is 1.59. The Morgan fingerprint density at radius 3 is 2.73 bits per heavy atom. The fourth-order valence-electron chi connectivity index (χ4n) is 0.886. The van der Waals surface area contributed by atoms with E-state index in [-0.39, 0.29) is 12.3 Å². The van der Waals surface area contributed by atoms with Gasteiger partial charge in [0.15, 0.2) is 0 Å². The lowest BCUT2D eigenvalue weighted by Gasteiger charge is -2.03. The van der Waals surface area contributed by atoms with E-state index in [0.29, 0.717) is 11.4 Å². The minimum Gasteiger partial charge on any atom is -0.369 e. The summed E-state index contributed by atoms with van der Waals surface area (Å²) in [6.45, 7) is 0.192. The molecule has 0 aliphatic rings. The number of aromatic nitrogens is 1. The van der Waals surface area contributed by atoms with Gasteiger partial charge in [0, 0.05) is 12.7 Å². The molecule has 1 rings (SSSR count). The fraction of sp³-hybridized carbons (Fsp3) is 0.250. The molecule has 0 aromatic carbocycles. The van der Waals surface area contributed by atoms with E-state index in [1.54, 1.807) is 12.1 Å². The van der Waals surface area contributed by atoms with Crippen molar-refractivity contribution < 1.29 is 8.42 Å². The van der Waals surface area contributed by atoms with Crippen molar-refractivity contribution in [3.05, 3.63) is 23.9 Å². The molecule has 0 aliphatic carbocycles. The van der Waals surface area contributed by atoms with E-state index in [0.717, 1.165) is 0 Å². The van der Waals surface area contributed by atoms with E-state index in [4.69, 9.17) is 10.4 Å². The van der Waals surface area contributed by atoms with Gasteiger partial charge in [0.05, 0.1) is 11.3 Å². The number of primary sulfonamides is 1. The Bertz CT molecular complexity index is 460. The highest BCUT2D eigenvalue weighted by atomic mass is 32.2. The van der Waals surface area contributed by atoms with E-state index in [1.807, 2.05) is 6.07 Å². The molecule has 7 heteroatoms. The first-order valence-corrected chi connectivity index (χ1v) is 5.83. The molecule has 1 heterocycles. The van der Waals surface area contributed by atoms with Gasteiger partial charge >= 0.3 is 0 Å². The molecule has 0 amide bonds. The second-order valence-corrected chi connectivity index (χ2v) is 4.57. The van der Waals surface area contributed by atoms with Gasteiger partial charge in [-0.2, -0.15) is 5.26 Å². The molecule has 15 heavy (non-hydrogen) atoms. The number of nitriles is 1. The summed E-state index contributed by atoms with van der Waals surface area (Å²) in [5.41, 5.74) is 0.451. The average molecular weight is 226 g/mol. The molecule has 1 aromatic heterocycles. The first-order chi connectivity index (χ1) is 7.01. The minimum absolute atomic E-state index is 0.158. The van der Waals surface area contributed by atoms with Crippen molar-refractivity contribution in [3.63, 3.8) is 0 Å². The summed E-state index contributed by atoms with van der Waals surface area (Å²) in [5, 5.41) is 16.1. The molecule has 6 nitrogen and oxygen atoms in total. The minimum atomic E-state index is -3.45. The SMILES string of the molecule is N#Cc1ccc(NCCS(N)(=O)=O)nc1. The van der Waals surface area contributed by atoms with E-state index >= 15 is 0 Å². The number of anilines is 1. The fourth-order valence-corrected chi connectivity index (χ4v) is 1.27. The lowest BCUT2D eigenvalue weighted by atomic mass is 10.3. The number of rotatable bonds is 4. The Morgan fingerprint density at radius 2 is 2.27 bits per heavy atom. The molecular formula is C8H10N4O2S. The maximum atomic E-state index is 10.6.